The predicted molar refractivity (Wildman–Crippen MR) is 63.4 cm³/mol. The van der Waals surface area contributed by atoms with Crippen molar-refractivity contribution >= 4 is 0 Å². The zero-order valence-electron chi connectivity index (χ0n) is 9.84. The molecule has 0 rings (SSSR count). The van der Waals surface area contributed by atoms with E-state index in [1.807, 2.05) is 6.08 Å². The summed E-state index contributed by atoms with van der Waals surface area (Å²) in [6.07, 6.45) is 13.5. The molecule has 0 saturated carbocycles. The lowest BCUT2D eigenvalue weighted by atomic mass is 10.1. The Morgan fingerprint density at radius 3 is 2.36 bits per heavy atom. The van der Waals surface area contributed by atoms with Gasteiger partial charge in [-0.2, -0.15) is 0 Å². The number of aliphatic hydroxyl groups excluding tert-OH is 1. The molecule has 1 atom stereocenters. The van der Waals surface area contributed by atoms with Gasteiger partial charge in [0, 0.05) is 0 Å². The Labute approximate surface area is 89.2 Å². The van der Waals surface area contributed by atoms with Crippen LogP contribution in [0.25, 0.3) is 0 Å². The van der Waals surface area contributed by atoms with Crippen molar-refractivity contribution in [3.63, 3.8) is 0 Å². The van der Waals surface area contributed by atoms with Crippen LogP contribution in [0, 0.1) is 0 Å². The SMILES string of the molecule is CCCCCC/C=C\[C@@H](O)CCCC. The Kier molecular flexibility index (Phi) is 10.5. The minimum Gasteiger partial charge on any atom is -0.389 e. The molecule has 0 fully saturated rings. The molecule has 0 aromatic rings. The minimum absolute atomic E-state index is 0.207. The standard InChI is InChI=1S/C13H26O/c1-3-5-7-8-9-10-12-13(14)11-6-4-2/h10,12-14H,3-9,11H2,1-2H3/b12-10-/t13-/m0/s1. The molecule has 0 bridgehead atoms. The van der Waals surface area contributed by atoms with Gasteiger partial charge in [0.1, 0.15) is 0 Å². The molecular weight excluding hydrogens is 172 g/mol. The van der Waals surface area contributed by atoms with Crippen molar-refractivity contribution in [2.45, 2.75) is 71.3 Å². The van der Waals surface area contributed by atoms with Gasteiger partial charge < -0.3 is 5.11 Å². The van der Waals surface area contributed by atoms with Crippen molar-refractivity contribution in [1.29, 1.82) is 0 Å². The largest absolute Gasteiger partial charge is 0.389 e. The van der Waals surface area contributed by atoms with Crippen LogP contribution in [0.3, 0.4) is 0 Å². The van der Waals surface area contributed by atoms with Crippen LogP contribution in [0.2, 0.25) is 0 Å². The Balaban J connectivity index is 3.23. The number of aliphatic hydroxyl groups is 1. The van der Waals surface area contributed by atoms with E-state index in [2.05, 4.69) is 19.9 Å². The van der Waals surface area contributed by atoms with Crippen molar-refractivity contribution in [1.82, 2.24) is 0 Å². The normalized spacial score (nSPS) is 13.6. The Bertz CT molecular complexity index is 129. The molecule has 1 heteroatoms. The molecule has 0 spiro atoms. The summed E-state index contributed by atoms with van der Waals surface area (Å²) in [6, 6.07) is 0. The summed E-state index contributed by atoms with van der Waals surface area (Å²) in [5.74, 6) is 0. The van der Waals surface area contributed by atoms with Gasteiger partial charge in [0.15, 0.2) is 0 Å². The maximum Gasteiger partial charge on any atom is 0.0720 e. The quantitative estimate of drug-likeness (QED) is 0.437. The van der Waals surface area contributed by atoms with Gasteiger partial charge in [-0.25, -0.2) is 0 Å². The van der Waals surface area contributed by atoms with E-state index in [0.717, 1.165) is 19.3 Å². The fraction of sp³-hybridized carbons (Fsp3) is 0.846. The predicted octanol–water partition coefficient (Wildman–Crippen LogP) is 4.06. The average Bonchev–Trinajstić information content (AvgIpc) is 2.20. The smallest absolute Gasteiger partial charge is 0.0720 e. The third kappa shape index (κ3) is 9.79. The zero-order chi connectivity index (χ0) is 10.6. The van der Waals surface area contributed by atoms with Crippen LogP contribution in [-0.2, 0) is 0 Å². The summed E-state index contributed by atoms with van der Waals surface area (Å²) in [6.45, 7) is 4.38. The lowest BCUT2D eigenvalue weighted by Gasteiger charge is -2.03. The van der Waals surface area contributed by atoms with E-state index in [1.54, 1.807) is 0 Å². The summed E-state index contributed by atoms with van der Waals surface area (Å²) in [7, 11) is 0. The Hall–Kier alpha value is -0.300. The van der Waals surface area contributed by atoms with E-state index in [9.17, 15) is 5.11 Å². The van der Waals surface area contributed by atoms with Gasteiger partial charge in [0.05, 0.1) is 6.10 Å². The Morgan fingerprint density at radius 2 is 1.71 bits per heavy atom. The molecule has 0 amide bonds. The fourth-order valence-electron chi connectivity index (χ4n) is 1.45. The topological polar surface area (TPSA) is 20.2 Å². The van der Waals surface area contributed by atoms with Crippen LogP contribution >= 0.6 is 0 Å². The van der Waals surface area contributed by atoms with Crippen LogP contribution in [0.4, 0.5) is 0 Å². The van der Waals surface area contributed by atoms with Gasteiger partial charge in [-0.15, -0.1) is 0 Å². The van der Waals surface area contributed by atoms with Crippen molar-refractivity contribution in [3.05, 3.63) is 12.2 Å². The second-order valence-corrected chi connectivity index (χ2v) is 3.99. The summed E-state index contributed by atoms with van der Waals surface area (Å²) in [5.41, 5.74) is 0. The maximum atomic E-state index is 9.50. The molecule has 1 nitrogen and oxygen atoms in total. The molecule has 0 aromatic heterocycles. The van der Waals surface area contributed by atoms with Crippen molar-refractivity contribution in [2.24, 2.45) is 0 Å². The van der Waals surface area contributed by atoms with E-state index >= 15 is 0 Å². The van der Waals surface area contributed by atoms with E-state index in [-0.39, 0.29) is 6.10 Å². The fourth-order valence-corrected chi connectivity index (χ4v) is 1.45. The molecule has 0 aliphatic rings. The lowest BCUT2D eigenvalue weighted by Crippen LogP contribution is -2.00. The molecule has 0 aliphatic heterocycles. The van der Waals surface area contributed by atoms with Crippen LogP contribution in [-0.4, -0.2) is 11.2 Å². The highest BCUT2D eigenvalue weighted by Crippen LogP contribution is 2.05. The number of allylic oxidation sites excluding steroid dienone is 1. The lowest BCUT2D eigenvalue weighted by molar-refractivity contribution is 0.209. The first kappa shape index (κ1) is 13.7. The molecule has 0 heterocycles. The third-order valence-electron chi connectivity index (χ3n) is 2.44. The van der Waals surface area contributed by atoms with E-state index in [0.29, 0.717) is 0 Å². The zero-order valence-corrected chi connectivity index (χ0v) is 9.84. The van der Waals surface area contributed by atoms with Gasteiger partial charge in [-0.3, -0.25) is 0 Å². The first-order valence-corrected chi connectivity index (χ1v) is 6.16. The summed E-state index contributed by atoms with van der Waals surface area (Å²) < 4.78 is 0. The molecule has 0 unspecified atom stereocenters. The van der Waals surface area contributed by atoms with Gasteiger partial charge in [0.2, 0.25) is 0 Å². The molecule has 0 saturated heterocycles. The van der Waals surface area contributed by atoms with Gasteiger partial charge in [-0.1, -0.05) is 58.1 Å². The summed E-state index contributed by atoms with van der Waals surface area (Å²) >= 11 is 0. The molecule has 1 N–H and O–H groups in total. The average molecular weight is 198 g/mol. The van der Waals surface area contributed by atoms with Crippen molar-refractivity contribution < 1.29 is 5.11 Å². The molecule has 0 aliphatic carbocycles. The highest BCUT2D eigenvalue weighted by atomic mass is 16.3. The highest BCUT2D eigenvalue weighted by Gasteiger charge is 1.96. The first-order chi connectivity index (χ1) is 6.81. The molecule has 0 radical (unpaired) electrons. The highest BCUT2D eigenvalue weighted by molar-refractivity contribution is 4.88. The van der Waals surface area contributed by atoms with E-state index in [4.69, 9.17) is 0 Å². The summed E-state index contributed by atoms with van der Waals surface area (Å²) in [5, 5.41) is 9.50. The second-order valence-electron chi connectivity index (χ2n) is 3.99. The molecule has 84 valence electrons. The summed E-state index contributed by atoms with van der Waals surface area (Å²) in [4.78, 5) is 0. The number of rotatable bonds is 9. The van der Waals surface area contributed by atoms with Crippen molar-refractivity contribution in [3.8, 4) is 0 Å². The van der Waals surface area contributed by atoms with Crippen LogP contribution in [0.1, 0.15) is 65.2 Å². The molecular formula is C13H26O. The van der Waals surface area contributed by atoms with Crippen LogP contribution in [0.5, 0.6) is 0 Å². The van der Waals surface area contributed by atoms with Crippen LogP contribution in [0.15, 0.2) is 12.2 Å². The number of unbranched alkanes of at least 4 members (excludes halogenated alkanes) is 5. The van der Waals surface area contributed by atoms with E-state index < -0.39 is 0 Å². The number of hydrogen-bond donors (Lipinski definition) is 1. The minimum atomic E-state index is -0.207. The van der Waals surface area contributed by atoms with E-state index in [1.165, 1.54) is 32.1 Å². The monoisotopic (exact) mass is 198 g/mol. The van der Waals surface area contributed by atoms with Crippen LogP contribution < -0.4 is 0 Å². The Morgan fingerprint density at radius 1 is 1.00 bits per heavy atom. The molecule has 0 aromatic carbocycles. The molecule has 14 heavy (non-hydrogen) atoms. The third-order valence-corrected chi connectivity index (χ3v) is 2.44. The second kappa shape index (κ2) is 10.8. The maximum absolute atomic E-state index is 9.50. The van der Waals surface area contributed by atoms with Gasteiger partial charge >= 0.3 is 0 Å². The van der Waals surface area contributed by atoms with Crippen molar-refractivity contribution in [2.75, 3.05) is 0 Å². The van der Waals surface area contributed by atoms with Gasteiger partial charge in [-0.05, 0) is 19.3 Å². The number of hydrogen-bond acceptors (Lipinski definition) is 1. The van der Waals surface area contributed by atoms with Gasteiger partial charge in [0.25, 0.3) is 0 Å². The first-order valence-electron chi connectivity index (χ1n) is 6.16.